The summed E-state index contributed by atoms with van der Waals surface area (Å²) in [4.78, 5) is 16.9. The van der Waals surface area contributed by atoms with Crippen molar-refractivity contribution in [1.82, 2.24) is 4.98 Å². The van der Waals surface area contributed by atoms with E-state index in [-0.39, 0.29) is 11.8 Å². The number of nitrogen functional groups attached to an aromatic ring is 1. The van der Waals surface area contributed by atoms with Crippen molar-refractivity contribution in [1.29, 1.82) is 0 Å². The molecular weight excluding hydrogens is 346 g/mol. The summed E-state index contributed by atoms with van der Waals surface area (Å²) in [7, 11) is 0. The molecule has 1 aliphatic heterocycles. The van der Waals surface area contributed by atoms with E-state index in [1.807, 2.05) is 24.3 Å². The van der Waals surface area contributed by atoms with Crippen LogP contribution in [0.2, 0.25) is 4.34 Å². The van der Waals surface area contributed by atoms with Gasteiger partial charge in [0.05, 0.1) is 12.1 Å². The zero-order chi connectivity index (χ0) is 16.9. The third-order valence-electron chi connectivity index (χ3n) is 4.27. The highest BCUT2D eigenvalue weighted by Gasteiger charge is 2.26. The molecule has 0 radical (unpaired) electrons. The molecule has 3 rings (SSSR count). The Morgan fingerprint density at radius 1 is 1.38 bits per heavy atom. The smallest absolute Gasteiger partial charge is 0.233 e. The molecule has 1 aromatic heterocycles. The van der Waals surface area contributed by atoms with Crippen LogP contribution in [0.25, 0.3) is 0 Å². The Morgan fingerprint density at radius 2 is 2.08 bits per heavy atom. The first-order valence-electron chi connectivity index (χ1n) is 7.97. The highest BCUT2D eigenvalue weighted by molar-refractivity contribution is 7.19. The molecule has 0 bridgehead atoms. The molecule has 1 aromatic carbocycles. The molecule has 1 atom stereocenters. The summed E-state index contributed by atoms with van der Waals surface area (Å²) in [6, 6.07) is 7.52. The number of benzene rings is 1. The number of thiazole rings is 1. The van der Waals surface area contributed by atoms with Gasteiger partial charge in [-0.2, -0.15) is 0 Å². The second-order valence-corrected chi connectivity index (χ2v) is 7.63. The molecule has 2 aromatic rings. The van der Waals surface area contributed by atoms with Crippen LogP contribution in [0, 0.1) is 5.92 Å². The van der Waals surface area contributed by atoms with E-state index in [1.165, 1.54) is 11.3 Å². The average molecular weight is 366 g/mol. The maximum atomic E-state index is 12.8. The number of amides is 1. The Kier molecular flexibility index (Phi) is 5.71. The first-order chi connectivity index (χ1) is 11.6. The minimum Gasteiger partial charge on any atom is -0.399 e. The van der Waals surface area contributed by atoms with Gasteiger partial charge in [-0.1, -0.05) is 35.1 Å². The highest BCUT2D eigenvalue weighted by atomic mass is 35.5. The largest absolute Gasteiger partial charge is 0.399 e. The summed E-state index contributed by atoms with van der Waals surface area (Å²) in [6.45, 7) is 1.53. The average Bonchev–Trinajstić information content (AvgIpc) is 2.99. The number of rotatable bonds is 5. The van der Waals surface area contributed by atoms with Gasteiger partial charge in [0.25, 0.3) is 0 Å². The lowest BCUT2D eigenvalue weighted by Crippen LogP contribution is -2.26. The molecule has 0 saturated carbocycles. The Balaban J connectivity index is 1.77. The quantitative estimate of drug-likeness (QED) is 0.787. The van der Waals surface area contributed by atoms with Gasteiger partial charge in [0.2, 0.25) is 5.91 Å². The number of halogens is 1. The van der Waals surface area contributed by atoms with Crippen molar-refractivity contribution in [2.75, 3.05) is 24.3 Å². The zero-order valence-corrected chi connectivity index (χ0v) is 14.8. The van der Waals surface area contributed by atoms with Crippen LogP contribution in [0.4, 0.5) is 10.8 Å². The van der Waals surface area contributed by atoms with Crippen LogP contribution in [-0.2, 0) is 9.53 Å². The van der Waals surface area contributed by atoms with Crippen LogP contribution in [0.15, 0.2) is 30.5 Å². The molecule has 1 fully saturated rings. The predicted octanol–water partition coefficient (Wildman–Crippen LogP) is 3.92. The SMILES string of the molecule is Nc1ccc(C(CC2CCOCC2)C(=O)Nc2ncc(Cl)s2)cc1. The molecule has 128 valence electrons. The van der Waals surface area contributed by atoms with Crippen LogP contribution >= 0.6 is 22.9 Å². The van der Waals surface area contributed by atoms with Gasteiger partial charge in [0, 0.05) is 18.9 Å². The maximum Gasteiger partial charge on any atom is 0.233 e. The van der Waals surface area contributed by atoms with E-state index in [0.29, 0.717) is 21.1 Å². The van der Waals surface area contributed by atoms with Gasteiger partial charge in [-0.05, 0) is 42.9 Å². The fourth-order valence-corrected chi connectivity index (χ4v) is 3.76. The van der Waals surface area contributed by atoms with E-state index in [9.17, 15) is 4.79 Å². The lowest BCUT2D eigenvalue weighted by Gasteiger charge is -2.26. The molecule has 7 heteroatoms. The first kappa shape index (κ1) is 17.2. The third-order valence-corrected chi connectivity index (χ3v) is 5.30. The fourth-order valence-electron chi connectivity index (χ4n) is 2.94. The summed E-state index contributed by atoms with van der Waals surface area (Å²) in [5.41, 5.74) is 7.43. The van der Waals surface area contributed by atoms with Gasteiger partial charge >= 0.3 is 0 Å². The van der Waals surface area contributed by atoms with E-state index in [2.05, 4.69) is 10.3 Å². The number of hydrogen-bond donors (Lipinski definition) is 2. The minimum absolute atomic E-state index is 0.0581. The lowest BCUT2D eigenvalue weighted by molar-refractivity contribution is -0.118. The molecule has 3 N–H and O–H groups in total. The molecule has 0 aliphatic carbocycles. The number of hydrogen-bond acceptors (Lipinski definition) is 5. The molecule has 1 aliphatic rings. The van der Waals surface area contributed by atoms with Crippen molar-refractivity contribution in [2.24, 2.45) is 5.92 Å². The lowest BCUT2D eigenvalue weighted by atomic mass is 9.84. The summed E-state index contributed by atoms with van der Waals surface area (Å²) < 4.78 is 5.98. The number of anilines is 2. The Hall–Kier alpha value is -1.63. The monoisotopic (exact) mass is 365 g/mol. The number of nitrogens with one attached hydrogen (secondary N) is 1. The standard InChI is InChI=1S/C17H20ClN3O2S/c18-15-10-20-17(24-15)21-16(22)14(9-11-5-7-23-8-6-11)12-1-3-13(19)4-2-12/h1-4,10-11,14H,5-9,19H2,(H,20,21,22). The molecule has 2 heterocycles. The predicted molar refractivity (Wildman–Crippen MR) is 97.5 cm³/mol. The molecule has 0 spiro atoms. The van der Waals surface area contributed by atoms with Gasteiger partial charge in [0.15, 0.2) is 5.13 Å². The molecule has 5 nitrogen and oxygen atoms in total. The Morgan fingerprint density at radius 3 is 2.71 bits per heavy atom. The van der Waals surface area contributed by atoms with Gasteiger partial charge in [0.1, 0.15) is 4.34 Å². The van der Waals surface area contributed by atoms with Gasteiger partial charge in [-0.15, -0.1) is 0 Å². The number of ether oxygens (including phenoxy) is 1. The summed E-state index contributed by atoms with van der Waals surface area (Å²) in [5.74, 6) is 0.181. The van der Waals surface area contributed by atoms with E-state index < -0.39 is 0 Å². The topological polar surface area (TPSA) is 77.2 Å². The molecular formula is C17H20ClN3O2S. The van der Waals surface area contributed by atoms with Crippen LogP contribution in [0.1, 0.15) is 30.7 Å². The minimum atomic E-state index is -0.239. The summed E-state index contributed by atoms with van der Waals surface area (Å²) in [6.07, 6.45) is 4.31. The van der Waals surface area contributed by atoms with Crippen LogP contribution in [-0.4, -0.2) is 24.1 Å². The van der Waals surface area contributed by atoms with Crippen LogP contribution < -0.4 is 11.1 Å². The second-order valence-electron chi connectivity index (χ2n) is 5.97. The van der Waals surface area contributed by atoms with Crippen molar-refractivity contribution in [2.45, 2.75) is 25.2 Å². The fraction of sp³-hybridized carbons (Fsp3) is 0.412. The van der Waals surface area contributed by atoms with E-state index in [1.54, 1.807) is 6.20 Å². The number of aromatic nitrogens is 1. The maximum absolute atomic E-state index is 12.8. The van der Waals surface area contributed by atoms with Crippen molar-refractivity contribution < 1.29 is 9.53 Å². The van der Waals surface area contributed by atoms with Crippen molar-refractivity contribution in [3.63, 3.8) is 0 Å². The van der Waals surface area contributed by atoms with E-state index in [0.717, 1.165) is 38.0 Å². The van der Waals surface area contributed by atoms with Crippen LogP contribution in [0.3, 0.4) is 0 Å². The molecule has 1 saturated heterocycles. The van der Waals surface area contributed by atoms with Gasteiger partial charge in [-0.25, -0.2) is 4.98 Å². The molecule has 24 heavy (non-hydrogen) atoms. The zero-order valence-electron chi connectivity index (χ0n) is 13.2. The number of nitrogens with zero attached hydrogens (tertiary/aromatic N) is 1. The summed E-state index contributed by atoms with van der Waals surface area (Å²) >= 11 is 7.15. The van der Waals surface area contributed by atoms with Gasteiger partial charge < -0.3 is 15.8 Å². The Bertz CT molecular complexity index is 683. The molecule has 1 amide bonds. The highest BCUT2D eigenvalue weighted by Crippen LogP contribution is 2.32. The first-order valence-corrected chi connectivity index (χ1v) is 9.16. The number of carbonyl (C=O) groups excluding carboxylic acids is 1. The van der Waals surface area contributed by atoms with E-state index in [4.69, 9.17) is 22.1 Å². The van der Waals surface area contributed by atoms with Gasteiger partial charge in [-0.3, -0.25) is 4.79 Å². The number of nitrogens with two attached hydrogens (primary N) is 1. The number of carbonyl (C=O) groups is 1. The van der Waals surface area contributed by atoms with E-state index >= 15 is 0 Å². The molecule has 1 unspecified atom stereocenters. The third kappa shape index (κ3) is 4.47. The van der Waals surface area contributed by atoms with Crippen molar-refractivity contribution in [3.05, 3.63) is 40.4 Å². The van der Waals surface area contributed by atoms with Crippen LogP contribution in [0.5, 0.6) is 0 Å². The van der Waals surface area contributed by atoms with Crippen molar-refractivity contribution in [3.8, 4) is 0 Å². The second kappa shape index (κ2) is 7.96. The normalized spacial score (nSPS) is 16.7. The van der Waals surface area contributed by atoms with Crippen molar-refractivity contribution >= 4 is 39.7 Å². The Labute approximate surface area is 150 Å². The summed E-state index contributed by atoms with van der Waals surface area (Å²) in [5, 5.41) is 3.41.